The van der Waals surface area contributed by atoms with Crippen molar-refractivity contribution in [3.8, 4) is 0 Å². The molecule has 1 heterocycles. The van der Waals surface area contributed by atoms with Crippen molar-refractivity contribution in [1.82, 2.24) is 4.98 Å². The molecule has 3 aromatic rings. The van der Waals surface area contributed by atoms with Gasteiger partial charge in [0.05, 0.1) is 12.1 Å². The molecule has 2 aromatic carbocycles. The number of hydrogen-bond donors (Lipinski definition) is 3. The predicted octanol–water partition coefficient (Wildman–Crippen LogP) is 4.56. The molecule has 0 saturated heterocycles. The number of benzene rings is 2. The summed E-state index contributed by atoms with van der Waals surface area (Å²) in [5.41, 5.74) is 2.42. The number of aromatic nitrogens is 1. The van der Waals surface area contributed by atoms with Crippen LogP contribution < -0.4 is 16.0 Å². The third kappa shape index (κ3) is 7.04. The zero-order valence-electron chi connectivity index (χ0n) is 17.3. The molecule has 0 aliphatic rings. The quantitative estimate of drug-likeness (QED) is 0.482. The molecule has 0 saturated carbocycles. The predicted molar refractivity (Wildman–Crippen MR) is 123 cm³/mol. The van der Waals surface area contributed by atoms with E-state index in [1.54, 1.807) is 53.9 Å². The van der Waals surface area contributed by atoms with E-state index in [0.29, 0.717) is 34.2 Å². The van der Waals surface area contributed by atoms with E-state index in [2.05, 4.69) is 20.9 Å². The number of anilines is 3. The number of nitrogens with zero attached hydrogens (tertiary/aromatic N) is 1. The lowest BCUT2D eigenvalue weighted by atomic mass is 10.1. The fraction of sp³-hybridized carbons (Fsp3) is 0.217. The molecule has 7 nitrogen and oxygen atoms in total. The summed E-state index contributed by atoms with van der Waals surface area (Å²) in [6.07, 6.45) is 0.546. The molecule has 0 aliphatic carbocycles. The minimum Gasteiger partial charge on any atom is -0.326 e. The van der Waals surface area contributed by atoms with Crippen molar-refractivity contribution in [3.63, 3.8) is 0 Å². The van der Waals surface area contributed by atoms with E-state index in [1.807, 2.05) is 19.9 Å². The fourth-order valence-corrected chi connectivity index (χ4v) is 3.50. The SMILES string of the molecule is CC(C)CC(=O)Nc1ccc(NC(=O)Cc2csc(NC(=O)c3ccccc3)n2)cc1. The maximum absolute atomic E-state index is 12.3. The van der Waals surface area contributed by atoms with E-state index < -0.39 is 0 Å². The number of thiazole rings is 1. The summed E-state index contributed by atoms with van der Waals surface area (Å²) in [7, 11) is 0. The van der Waals surface area contributed by atoms with E-state index in [-0.39, 0.29) is 30.1 Å². The van der Waals surface area contributed by atoms with E-state index in [9.17, 15) is 14.4 Å². The van der Waals surface area contributed by atoms with Crippen LogP contribution in [-0.2, 0) is 16.0 Å². The second-order valence-electron chi connectivity index (χ2n) is 7.41. The molecular weight excluding hydrogens is 412 g/mol. The van der Waals surface area contributed by atoms with Gasteiger partial charge in [-0.2, -0.15) is 0 Å². The third-order valence-electron chi connectivity index (χ3n) is 4.20. The van der Waals surface area contributed by atoms with Crippen LogP contribution in [0.3, 0.4) is 0 Å². The van der Waals surface area contributed by atoms with Crippen LogP contribution in [0.5, 0.6) is 0 Å². The first-order valence-corrected chi connectivity index (χ1v) is 10.8. The van der Waals surface area contributed by atoms with Crippen LogP contribution in [-0.4, -0.2) is 22.7 Å². The van der Waals surface area contributed by atoms with Crippen LogP contribution in [0.1, 0.15) is 36.3 Å². The van der Waals surface area contributed by atoms with Gasteiger partial charge in [0.15, 0.2) is 5.13 Å². The minimum absolute atomic E-state index is 0.0366. The number of nitrogens with one attached hydrogen (secondary N) is 3. The lowest BCUT2D eigenvalue weighted by molar-refractivity contribution is -0.117. The molecule has 31 heavy (non-hydrogen) atoms. The highest BCUT2D eigenvalue weighted by Gasteiger charge is 2.12. The third-order valence-corrected chi connectivity index (χ3v) is 5.00. The molecule has 0 spiro atoms. The molecule has 8 heteroatoms. The summed E-state index contributed by atoms with van der Waals surface area (Å²) in [4.78, 5) is 40.6. The smallest absolute Gasteiger partial charge is 0.257 e. The van der Waals surface area contributed by atoms with E-state index in [0.717, 1.165) is 0 Å². The Hall–Kier alpha value is -3.52. The molecule has 160 valence electrons. The van der Waals surface area contributed by atoms with Gasteiger partial charge in [0.2, 0.25) is 11.8 Å². The zero-order valence-corrected chi connectivity index (χ0v) is 18.2. The lowest BCUT2D eigenvalue weighted by Crippen LogP contribution is -2.16. The number of carbonyl (C=O) groups excluding carboxylic acids is 3. The molecule has 3 rings (SSSR count). The number of carbonyl (C=O) groups is 3. The van der Waals surface area contributed by atoms with Gasteiger partial charge < -0.3 is 10.6 Å². The first-order valence-electron chi connectivity index (χ1n) is 9.89. The highest BCUT2D eigenvalue weighted by atomic mass is 32.1. The number of amides is 3. The average Bonchev–Trinajstić information content (AvgIpc) is 3.16. The maximum atomic E-state index is 12.3. The lowest BCUT2D eigenvalue weighted by Gasteiger charge is -2.09. The van der Waals surface area contributed by atoms with Gasteiger partial charge in [0, 0.05) is 28.7 Å². The molecule has 0 bridgehead atoms. The van der Waals surface area contributed by atoms with Gasteiger partial charge in [-0.05, 0) is 42.3 Å². The largest absolute Gasteiger partial charge is 0.326 e. The van der Waals surface area contributed by atoms with E-state index in [1.165, 1.54) is 11.3 Å². The summed E-state index contributed by atoms with van der Waals surface area (Å²) in [6.45, 7) is 3.97. The van der Waals surface area contributed by atoms with Crippen molar-refractivity contribution in [2.24, 2.45) is 5.92 Å². The number of rotatable bonds is 8. The van der Waals surface area contributed by atoms with Gasteiger partial charge in [0.25, 0.3) is 5.91 Å². The summed E-state index contributed by atoms with van der Waals surface area (Å²) in [5.74, 6) is -0.212. The van der Waals surface area contributed by atoms with Crippen LogP contribution in [0, 0.1) is 5.92 Å². The van der Waals surface area contributed by atoms with Crippen LogP contribution in [0.15, 0.2) is 60.0 Å². The van der Waals surface area contributed by atoms with Crippen LogP contribution in [0.25, 0.3) is 0 Å². The summed E-state index contributed by atoms with van der Waals surface area (Å²) < 4.78 is 0. The van der Waals surface area contributed by atoms with Crippen LogP contribution >= 0.6 is 11.3 Å². The molecule has 3 amide bonds. The van der Waals surface area contributed by atoms with Gasteiger partial charge >= 0.3 is 0 Å². The van der Waals surface area contributed by atoms with Crippen molar-refractivity contribution in [1.29, 1.82) is 0 Å². The summed E-state index contributed by atoms with van der Waals surface area (Å²) >= 11 is 1.27. The Morgan fingerprint density at radius 1 is 0.871 bits per heavy atom. The average molecular weight is 437 g/mol. The van der Waals surface area contributed by atoms with Crippen molar-refractivity contribution >= 4 is 45.6 Å². The fourth-order valence-electron chi connectivity index (χ4n) is 2.79. The molecule has 0 unspecified atom stereocenters. The van der Waals surface area contributed by atoms with Gasteiger partial charge in [-0.1, -0.05) is 32.0 Å². The summed E-state index contributed by atoms with van der Waals surface area (Å²) in [5, 5.41) is 10.6. The van der Waals surface area contributed by atoms with Gasteiger partial charge in [-0.3, -0.25) is 19.7 Å². The molecule has 0 aliphatic heterocycles. The molecule has 0 atom stereocenters. The van der Waals surface area contributed by atoms with Crippen molar-refractivity contribution in [3.05, 3.63) is 71.2 Å². The van der Waals surface area contributed by atoms with Gasteiger partial charge in [-0.15, -0.1) is 11.3 Å². The Kier molecular flexibility index (Phi) is 7.50. The van der Waals surface area contributed by atoms with Crippen molar-refractivity contribution in [2.75, 3.05) is 16.0 Å². The first kappa shape index (κ1) is 22.2. The van der Waals surface area contributed by atoms with Crippen molar-refractivity contribution in [2.45, 2.75) is 26.7 Å². The molecule has 0 radical (unpaired) electrons. The van der Waals surface area contributed by atoms with Gasteiger partial charge in [0.1, 0.15) is 0 Å². The van der Waals surface area contributed by atoms with E-state index in [4.69, 9.17) is 0 Å². The second-order valence-corrected chi connectivity index (χ2v) is 8.27. The Balaban J connectivity index is 1.50. The second kappa shape index (κ2) is 10.5. The Bertz CT molecular complexity index is 1050. The Morgan fingerprint density at radius 2 is 1.48 bits per heavy atom. The Morgan fingerprint density at radius 3 is 2.10 bits per heavy atom. The highest BCUT2D eigenvalue weighted by Crippen LogP contribution is 2.18. The van der Waals surface area contributed by atoms with Crippen LogP contribution in [0.4, 0.5) is 16.5 Å². The van der Waals surface area contributed by atoms with Gasteiger partial charge in [-0.25, -0.2) is 4.98 Å². The Labute approximate surface area is 184 Å². The minimum atomic E-state index is -0.244. The highest BCUT2D eigenvalue weighted by molar-refractivity contribution is 7.14. The summed E-state index contributed by atoms with van der Waals surface area (Å²) in [6, 6.07) is 15.8. The molecule has 0 fully saturated rings. The van der Waals surface area contributed by atoms with Crippen molar-refractivity contribution < 1.29 is 14.4 Å². The molecular formula is C23H24N4O3S. The van der Waals surface area contributed by atoms with E-state index >= 15 is 0 Å². The number of hydrogen-bond acceptors (Lipinski definition) is 5. The first-order chi connectivity index (χ1) is 14.9. The standard InChI is InChI=1S/C23H24N4O3S/c1-15(2)12-20(28)24-17-8-10-18(11-9-17)25-21(29)13-19-14-31-23(26-19)27-22(30)16-6-4-3-5-7-16/h3-11,14-15H,12-13H2,1-2H3,(H,24,28)(H,25,29)(H,26,27,30). The zero-order chi connectivity index (χ0) is 22.2. The maximum Gasteiger partial charge on any atom is 0.257 e. The monoisotopic (exact) mass is 436 g/mol. The normalized spacial score (nSPS) is 10.5. The molecule has 1 aromatic heterocycles. The van der Waals surface area contributed by atoms with Crippen LogP contribution in [0.2, 0.25) is 0 Å². The topological polar surface area (TPSA) is 100 Å². The molecule has 3 N–H and O–H groups in total.